The Morgan fingerprint density at radius 3 is 2.50 bits per heavy atom. The van der Waals surface area contributed by atoms with Gasteiger partial charge in [-0.15, -0.1) is 24.0 Å². The van der Waals surface area contributed by atoms with E-state index in [4.69, 9.17) is 9.73 Å². The molecule has 6 nitrogen and oxygen atoms in total. The van der Waals surface area contributed by atoms with Crippen LogP contribution in [0.5, 0.6) is 5.75 Å². The van der Waals surface area contributed by atoms with Crippen LogP contribution in [0.4, 0.5) is 0 Å². The zero-order valence-electron chi connectivity index (χ0n) is 18.9. The minimum Gasteiger partial charge on any atom is -0.497 e. The molecule has 2 unspecified atom stereocenters. The van der Waals surface area contributed by atoms with Crippen molar-refractivity contribution in [2.75, 3.05) is 60.0 Å². The summed E-state index contributed by atoms with van der Waals surface area (Å²) in [5.74, 6) is 2.55. The maximum Gasteiger partial charge on any atom is 0.191 e. The van der Waals surface area contributed by atoms with Gasteiger partial charge in [0.25, 0.3) is 0 Å². The number of halogens is 1. The highest BCUT2D eigenvalue weighted by molar-refractivity contribution is 14.0. The summed E-state index contributed by atoms with van der Waals surface area (Å²) in [6.07, 6.45) is 5.16. The van der Waals surface area contributed by atoms with Gasteiger partial charge in [-0.3, -0.25) is 9.89 Å². The van der Waals surface area contributed by atoms with Crippen molar-refractivity contribution in [1.82, 2.24) is 20.4 Å². The van der Waals surface area contributed by atoms with E-state index in [1.807, 2.05) is 0 Å². The fourth-order valence-corrected chi connectivity index (χ4v) is 4.51. The van der Waals surface area contributed by atoms with Gasteiger partial charge in [0.15, 0.2) is 5.96 Å². The molecule has 170 valence electrons. The van der Waals surface area contributed by atoms with E-state index in [1.165, 1.54) is 44.3 Å². The van der Waals surface area contributed by atoms with E-state index in [-0.39, 0.29) is 24.0 Å². The van der Waals surface area contributed by atoms with Crippen molar-refractivity contribution in [3.8, 4) is 5.75 Å². The third-order valence-corrected chi connectivity index (χ3v) is 6.13. The summed E-state index contributed by atoms with van der Waals surface area (Å²) in [7, 11) is 3.94. The fraction of sp³-hybridized carbons (Fsp3) is 0.696. The van der Waals surface area contributed by atoms with Crippen LogP contribution in [0, 0.1) is 5.92 Å². The molecule has 2 saturated heterocycles. The van der Waals surface area contributed by atoms with E-state index in [0.29, 0.717) is 12.0 Å². The molecule has 2 heterocycles. The predicted octanol–water partition coefficient (Wildman–Crippen LogP) is 3.35. The number of hydrogen-bond donors (Lipinski definition) is 2. The smallest absolute Gasteiger partial charge is 0.191 e. The van der Waals surface area contributed by atoms with Crippen molar-refractivity contribution in [2.45, 2.75) is 38.6 Å². The lowest BCUT2D eigenvalue weighted by Gasteiger charge is -2.30. The molecular weight excluding hydrogens is 489 g/mol. The number of benzene rings is 1. The molecule has 30 heavy (non-hydrogen) atoms. The highest BCUT2D eigenvalue weighted by Crippen LogP contribution is 2.27. The van der Waals surface area contributed by atoms with Gasteiger partial charge < -0.3 is 20.3 Å². The Balaban J connectivity index is 0.00000320. The first-order chi connectivity index (χ1) is 14.2. The summed E-state index contributed by atoms with van der Waals surface area (Å²) in [5, 5.41) is 7.04. The van der Waals surface area contributed by atoms with Gasteiger partial charge in [-0.2, -0.15) is 0 Å². The molecule has 2 fully saturated rings. The number of ether oxygens (including phenoxy) is 1. The predicted molar refractivity (Wildman–Crippen MR) is 136 cm³/mol. The maximum atomic E-state index is 5.34. The average molecular weight is 530 g/mol. The first-order valence-electron chi connectivity index (χ1n) is 11.3. The second-order valence-electron chi connectivity index (χ2n) is 8.40. The van der Waals surface area contributed by atoms with E-state index >= 15 is 0 Å². The zero-order valence-corrected chi connectivity index (χ0v) is 21.2. The molecule has 1 aromatic rings. The summed E-state index contributed by atoms with van der Waals surface area (Å²) in [6.45, 7) is 9.49. The molecule has 0 spiro atoms. The summed E-state index contributed by atoms with van der Waals surface area (Å²) >= 11 is 0. The second-order valence-corrected chi connectivity index (χ2v) is 8.40. The van der Waals surface area contributed by atoms with Crippen LogP contribution in [-0.2, 0) is 0 Å². The van der Waals surface area contributed by atoms with E-state index in [0.717, 1.165) is 44.4 Å². The monoisotopic (exact) mass is 529 g/mol. The molecule has 0 radical (unpaired) electrons. The molecule has 0 bridgehead atoms. The standard InChI is InChI=1S/C23H39N5O.HI/c1-4-24-23(25-16-19-8-7-13-27(2)18-19)26-17-22(28-14-5-6-15-28)20-9-11-21(29-3)12-10-20;/h9-12,19,22H,4-8,13-18H2,1-3H3,(H2,24,25,26);1H. The number of nitrogens with one attached hydrogen (secondary N) is 2. The number of piperidine rings is 1. The quantitative estimate of drug-likeness (QED) is 0.308. The van der Waals surface area contributed by atoms with Crippen LogP contribution in [0.15, 0.2) is 29.3 Å². The molecule has 2 aliphatic heterocycles. The van der Waals surface area contributed by atoms with Crippen LogP contribution >= 0.6 is 24.0 Å². The molecule has 2 aliphatic rings. The summed E-state index contributed by atoms with van der Waals surface area (Å²) in [5.41, 5.74) is 1.32. The minimum absolute atomic E-state index is 0. The van der Waals surface area contributed by atoms with E-state index in [2.05, 4.69) is 58.7 Å². The number of likely N-dealkylation sites (tertiary alicyclic amines) is 2. The molecule has 0 aromatic heterocycles. The fourth-order valence-electron chi connectivity index (χ4n) is 4.51. The lowest BCUT2D eigenvalue weighted by molar-refractivity contribution is 0.210. The number of aliphatic imine (C=N–C) groups is 1. The van der Waals surface area contributed by atoms with Gasteiger partial charge in [0.2, 0.25) is 0 Å². The number of nitrogens with zero attached hydrogens (tertiary/aromatic N) is 3. The van der Waals surface area contributed by atoms with E-state index in [1.54, 1.807) is 7.11 Å². The Bertz CT molecular complexity index is 633. The number of methoxy groups -OCH3 is 1. The average Bonchev–Trinajstić information content (AvgIpc) is 3.27. The maximum absolute atomic E-state index is 5.34. The van der Waals surface area contributed by atoms with Crippen molar-refractivity contribution >= 4 is 29.9 Å². The molecular formula is C23H40IN5O. The molecule has 0 aliphatic carbocycles. The van der Waals surface area contributed by atoms with E-state index < -0.39 is 0 Å². The van der Waals surface area contributed by atoms with Crippen molar-refractivity contribution in [1.29, 1.82) is 0 Å². The molecule has 0 saturated carbocycles. The lowest BCUT2D eigenvalue weighted by Crippen LogP contribution is -2.44. The van der Waals surface area contributed by atoms with Crippen LogP contribution in [-0.4, -0.2) is 75.7 Å². The van der Waals surface area contributed by atoms with Gasteiger partial charge in [-0.1, -0.05) is 12.1 Å². The Morgan fingerprint density at radius 2 is 1.87 bits per heavy atom. The first-order valence-corrected chi connectivity index (χ1v) is 11.3. The highest BCUT2D eigenvalue weighted by atomic mass is 127. The van der Waals surface area contributed by atoms with Crippen molar-refractivity contribution in [3.05, 3.63) is 29.8 Å². The minimum atomic E-state index is 0. The largest absolute Gasteiger partial charge is 0.497 e. The van der Waals surface area contributed by atoms with Crippen LogP contribution in [0.3, 0.4) is 0 Å². The van der Waals surface area contributed by atoms with Crippen molar-refractivity contribution in [2.24, 2.45) is 10.9 Å². The van der Waals surface area contributed by atoms with Crippen LogP contribution in [0.2, 0.25) is 0 Å². The van der Waals surface area contributed by atoms with Crippen molar-refractivity contribution in [3.63, 3.8) is 0 Å². The Kier molecular flexibility index (Phi) is 11.2. The normalized spacial score (nSPS) is 21.7. The molecule has 2 atom stereocenters. The van der Waals surface area contributed by atoms with Gasteiger partial charge in [0.1, 0.15) is 5.75 Å². The summed E-state index contributed by atoms with van der Waals surface area (Å²) in [6, 6.07) is 8.82. The van der Waals surface area contributed by atoms with Crippen LogP contribution in [0.1, 0.15) is 44.2 Å². The molecule has 1 aromatic carbocycles. The van der Waals surface area contributed by atoms with Gasteiger partial charge in [0.05, 0.1) is 19.7 Å². The van der Waals surface area contributed by atoms with Crippen LogP contribution in [0.25, 0.3) is 0 Å². The Morgan fingerprint density at radius 1 is 1.13 bits per heavy atom. The lowest BCUT2D eigenvalue weighted by atomic mass is 9.99. The zero-order chi connectivity index (χ0) is 20.5. The van der Waals surface area contributed by atoms with E-state index in [9.17, 15) is 0 Å². The Labute approximate surface area is 199 Å². The summed E-state index contributed by atoms with van der Waals surface area (Å²) in [4.78, 5) is 10.0. The molecule has 0 amide bonds. The number of hydrogen-bond acceptors (Lipinski definition) is 4. The third-order valence-electron chi connectivity index (χ3n) is 6.13. The van der Waals surface area contributed by atoms with Crippen molar-refractivity contribution < 1.29 is 4.74 Å². The first kappa shape index (κ1) is 25.2. The topological polar surface area (TPSA) is 52.1 Å². The van der Waals surface area contributed by atoms with Crippen LogP contribution < -0.4 is 15.4 Å². The molecule has 3 rings (SSSR count). The molecule has 7 heteroatoms. The Hall–Kier alpha value is -1.06. The van der Waals surface area contributed by atoms with Gasteiger partial charge in [0, 0.05) is 19.6 Å². The molecule has 2 N–H and O–H groups in total. The number of guanidine groups is 1. The van der Waals surface area contributed by atoms with Gasteiger partial charge in [-0.25, -0.2) is 0 Å². The highest BCUT2D eigenvalue weighted by Gasteiger charge is 2.24. The number of rotatable bonds is 8. The third kappa shape index (κ3) is 7.57. The SMILES string of the molecule is CCNC(=NCC(c1ccc(OC)cc1)N1CCCC1)NCC1CCCN(C)C1.I. The second kappa shape index (κ2) is 13.4. The summed E-state index contributed by atoms with van der Waals surface area (Å²) < 4.78 is 5.34. The van der Waals surface area contributed by atoms with Gasteiger partial charge in [-0.05, 0) is 82.9 Å². The van der Waals surface area contributed by atoms with Gasteiger partial charge >= 0.3 is 0 Å².